The molecule has 0 saturated carbocycles. The first-order chi connectivity index (χ1) is 18.4. The Kier molecular flexibility index (Phi) is 7.44. The number of ketones is 1. The lowest BCUT2D eigenvalue weighted by atomic mass is 9.84. The topological polar surface area (TPSA) is 146 Å². The molecule has 10 nitrogen and oxygen atoms in total. The summed E-state index contributed by atoms with van der Waals surface area (Å²) in [6.45, 7) is 6.64. The molecule has 2 aromatic heterocycles. The first-order valence-corrected chi connectivity index (χ1v) is 12.2. The van der Waals surface area contributed by atoms with Gasteiger partial charge in [0.2, 0.25) is 17.6 Å². The van der Waals surface area contributed by atoms with E-state index in [1.165, 1.54) is 30.5 Å². The van der Waals surface area contributed by atoms with Crippen molar-refractivity contribution >= 4 is 17.4 Å². The van der Waals surface area contributed by atoms with Crippen molar-refractivity contribution in [1.82, 2.24) is 25.1 Å². The molecule has 2 aromatic carbocycles. The number of amides is 1. The van der Waals surface area contributed by atoms with Crippen LogP contribution in [0.2, 0.25) is 0 Å². The van der Waals surface area contributed by atoms with Gasteiger partial charge in [0.15, 0.2) is 0 Å². The molecule has 0 aliphatic rings. The summed E-state index contributed by atoms with van der Waals surface area (Å²) in [5.74, 6) is -1.17. The van der Waals surface area contributed by atoms with Gasteiger partial charge in [0, 0.05) is 12.1 Å². The van der Waals surface area contributed by atoms with E-state index in [0.29, 0.717) is 11.5 Å². The molecule has 11 heteroatoms. The van der Waals surface area contributed by atoms with Crippen LogP contribution in [-0.4, -0.2) is 38.0 Å². The second-order valence-electron chi connectivity index (χ2n) is 10.3. The number of carbonyl (C=O) groups excluding carboxylic acids is 2. The van der Waals surface area contributed by atoms with Crippen molar-refractivity contribution in [3.63, 3.8) is 0 Å². The summed E-state index contributed by atoms with van der Waals surface area (Å²) in [6.07, 6.45) is 1.19. The normalized spacial score (nSPS) is 11.8. The van der Waals surface area contributed by atoms with Crippen molar-refractivity contribution in [3.05, 3.63) is 94.3 Å². The maximum Gasteiger partial charge on any atom is 0.284 e. The van der Waals surface area contributed by atoms with Gasteiger partial charge in [0.1, 0.15) is 23.9 Å². The SMILES string of the molecule is CC(C)(CNC(=O)Cn1c(-c2ccc(F)cc2)ncc(N)c1=O)C(=O)c1nnc(C(C)(C)c2ccccc2)o1. The number of carbonyl (C=O) groups is 2. The second kappa shape index (κ2) is 10.6. The lowest BCUT2D eigenvalue weighted by Crippen LogP contribution is -2.41. The molecule has 0 aliphatic heterocycles. The average Bonchev–Trinajstić information content (AvgIpc) is 3.42. The van der Waals surface area contributed by atoms with Gasteiger partial charge in [-0.2, -0.15) is 0 Å². The molecule has 0 fully saturated rings. The first-order valence-electron chi connectivity index (χ1n) is 12.2. The van der Waals surface area contributed by atoms with Crippen molar-refractivity contribution in [1.29, 1.82) is 0 Å². The van der Waals surface area contributed by atoms with Gasteiger partial charge >= 0.3 is 0 Å². The zero-order valence-corrected chi connectivity index (χ0v) is 22.1. The number of halogens is 1. The minimum Gasteiger partial charge on any atom is -0.417 e. The van der Waals surface area contributed by atoms with E-state index in [0.717, 1.165) is 10.1 Å². The van der Waals surface area contributed by atoms with Crippen molar-refractivity contribution in [2.75, 3.05) is 12.3 Å². The van der Waals surface area contributed by atoms with E-state index < -0.39 is 40.4 Å². The summed E-state index contributed by atoms with van der Waals surface area (Å²) >= 11 is 0. The van der Waals surface area contributed by atoms with Gasteiger partial charge in [0.05, 0.1) is 17.0 Å². The third-order valence-corrected chi connectivity index (χ3v) is 6.47. The van der Waals surface area contributed by atoms with Crippen molar-refractivity contribution in [3.8, 4) is 11.4 Å². The number of hydrogen-bond acceptors (Lipinski definition) is 8. The molecular formula is C28H29FN6O4. The summed E-state index contributed by atoms with van der Waals surface area (Å²) in [7, 11) is 0. The minimum absolute atomic E-state index is 0.0686. The Hall–Kier alpha value is -4.67. The van der Waals surface area contributed by atoms with Crippen molar-refractivity contribution in [2.45, 2.75) is 39.7 Å². The fourth-order valence-electron chi connectivity index (χ4n) is 3.92. The molecule has 0 radical (unpaired) electrons. The van der Waals surface area contributed by atoms with Crippen LogP contribution in [0.15, 0.2) is 70.0 Å². The van der Waals surface area contributed by atoms with Crippen LogP contribution in [0, 0.1) is 11.2 Å². The molecular weight excluding hydrogens is 503 g/mol. The summed E-state index contributed by atoms with van der Waals surface area (Å²) in [5.41, 5.74) is 4.63. The Bertz CT molecular complexity index is 1560. The van der Waals surface area contributed by atoms with E-state index in [-0.39, 0.29) is 23.9 Å². The van der Waals surface area contributed by atoms with E-state index in [9.17, 15) is 18.8 Å². The zero-order chi connectivity index (χ0) is 28.4. The van der Waals surface area contributed by atoms with Crippen molar-refractivity contribution < 1.29 is 18.4 Å². The molecule has 3 N–H and O–H groups in total. The number of nitrogens with one attached hydrogen (secondary N) is 1. The number of Topliss-reactive ketones (excluding diaryl/α,β-unsaturated/α-hetero) is 1. The Balaban J connectivity index is 1.47. The van der Waals surface area contributed by atoms with Crippen LogP contribution >= 0.6 is 0 Å². The third kappa shape index (κ3) is 5.77. The highest BCUT2D eigenvalue weighted by atomic mass is 19.1. The molecule has 0 saturated heterocycles. The van der Waals surface area contributed by atoms with Crippen LogP contribution in [0.4, 0.5) is 10.1 Å². The predicted octanol–water partition coefficient (Wildman–Crippen LogP) is 3.37. The molecule has 0 spiro atoms. The van der Waals surface area contributed by atoms with Gasteiger partial charge in [-0.25, -0.2) is 9.37 Å². The number of nitrogens with zero attached hydrogens (tertiary/aromatic N) is 4. The lowest BCUT2D eigenvalue weighted by Gasteiger charge is -2.22. The van der Waals surface area contributed by atoms with Gasteiger partial charge in [0.25, 0.3) is 11.4 Å². The second-order valence-corrected chi connectivity index (χ2v) is 10.3. The highest BCUT2D eigenvalue weighted by Gasteiger charge is 2.36. The summed E-state index contributed by atoms with van der Waals surface area (Å²) in [6, 6.07) is 14.9. The number of hydrogen-bond donors (Lipinski definition) is 2. The molecule has 0 unspecified atom stereocenters. The quantitative estimate of drug-likeness (QED) is 0.312. The van der Waals surface area contributed by atoms with E-state index in [1.54, 1.807) is 13.8 Å². The van der Waals surface area contributed by atoms with Gasteiger partial charge in [-0.1, -0.05) is 44.2 Å². The molecule has 4 rings (SSSR count). The monoisotopic (exact) mass is 532 g/mol. The number of rotatable bonds is 9. The predicted molar refractivity (Wildman–Crippen MR) is 142 cm³/mol. The Morgan fingerprint density at radius 2 is 1.69 bits per heavy atom. The van der Waals surface area contributed by atoms with E-state index in [4.69, 9.17) is 10.2 Å². The van der Waals surface area contributed by atoms with E-state index in [2.05, 4.69) is 20.5 Å². The van der Waals surface area contributed by atoms with Crippen molar-refractivity contribution in [2.24, 2.45) is 5.41 Å². The van der Waals surface area contributed by atoms with Gasteiger partial charge in [-0.3, -0.25) is 19.0 Å². The molecule has 4 aromatic rings. The van der Waals surface area contributed by atoms with Crippen LogP contribution in [0.1, 0.15) is 49.8 Å². The Morgan fingerprint density at radius 3 is 2.36 bits per heavy atom. The number of anilines is 1. The number of benzene rings is 2. The van der Waals surface area contributed by atoms with Gasteiger partial charge in [-0.05, 0) is 43.7 Å². The fraction of sp³-hybridized carbons (Fsp3) is 0.286. The maximum atomic E-state index is 13.4. The van der Waals surface area contributed by atoms with Crippen LogP contribution in [0.5, 0.6) is 0 Å². The first kappa shape index (κ1) is 27.4. The number of nitrogen functional groups attached to an aromatic ring is 1. The third-order valence-electron chi connectivity index (χ3n) is 6.47. The smallest absolute Gasteiger partial charge is 0.284 e. The lowest BCUT2D eigenvalue weighted by molar-refractivity contribution is -0.122. The summed E-state index contributed by atoms with van der Waals surface area (Å²) in [4.78, 5) is 42.9. The van der Waals surface area contributed by atoms with Gasteiger partial charge in [-0.15, -0.1) is 10.2 Å². The van der Waals surface area contributed by atoms with Crippen LogP contribution < -0.4 is 16.6 Å². The molecule has 0 atom stereocenters. The molecule has 0 bridgehead atoms. The molecule has 2 heterocycles. The Labute approximate surface area is 224 Å². The van der Waals surface area contributed by atoms with Crippen LogP contribution in [0.25, 0.3) is 11.4 Å². The van der Waals surface area contributed by atoms with Crippen LogP contribution in [-0.2, 0) is 16.8 Å². The molecule has 1 amide bonds. The molecule has 202 valence electrons. The molecule has 39 heavy (non-hydrogen) atoms. The maximum absolute atomic E-state index is 13.4. The van der Waals surface area contributed by atoms with E-state index >= 15 is 0 Å². The largest absolute Gasteiger partial charge is 0.417 e. The fourth-order valence-corrected chi connectivity index (χ4v) is 3.92. The minimum atomic E-state index is -1.10. The number of nitrogens with two attached hydrogens (primary N) is 1. The average molecular weight is 533 g/mol. The highest BCUT2D eigenvalue weighted by molar-refractivity contribution is 5.96. The standard InChI is InChI=1S/C28H29FN6O4/c1-27(2,22(37)24-33-34-26(39-24)28(3,4)18-8-6-5-7-9-18)16-32-21(36)15-35-23(31-14-20(30)25(35)38)17-10-12-19(29)13-11-17/h5-14H,15-16,30H2,1-4H3,(H,32,36). The summed E-state index contributed by atoms with van der Waals surface area (Å²) in [5, 5.41) is 10.8. The highest BCUT2D eigenvalue weighted by Crippen LogP contribution is 2.31. The Morgan fingerprint density at radius 1 is 1.03 bits per heavy atom. The zero-order valence-electron chi connectivity index (χ0n) is 22.1. The molecule has 0 aliphatic carbocycles. The van der Waals surface area contributed by atoms with Gasteiger partial charge < -0.3 is 15.5 Å². The number of aromatic nitrogens is 4. The summed E-state index contributed by atoms with van der Waals surface area (Å²) < 4.78 is 20.3. The van der Waals surface area contributed by atoms with Crippen LogP contribution in [0.3, 0.4) is 0 Å². The van der Waals surface area contributed by atoms with E-state index in [1.807, 2.05) is 44.2 Å².